The first-order valence-electron chi connectivity index (χ1n) is 8.98. The lowest BCUT2D eigenvalue weighted by Crippen LogP contribution is -2.10. The van der Waals surface area contributed by atoms with Gasteiger partial charge < -0.3 is 10.2 Å². The standard InChI is InChI=1S/C18H26N6O2/c1-11(2)9-14-19-17(24(22-14)7-8-25)13-5-6-15-20-21-18(23(15)10-13)16(26)12(3)4/h5-6,10-12,16,25-26H,7-9H2,1-4H3. The molecule has 0 radical (unpaired) electrons. The number of aliphatic hydroxyl groups excluding tert-OH is 2. The second kappa shape index (κ2) is 7.51. The highest BCUT2D eigenvalue weighted by Crippen LogP contribution is 2.24. The van der Waals surface area contributed by atoms with Crippen molar-refractivity contribution in [1.29, 1.82) is 0 Å². The largest absolute Gasteiger partial charge is 0.394 e. The van der Waals surface area contributed by atoms with Gasteiger partial charge in [0, 0.05) is 18.2 Å². The summed E-state index contributed by atoms with van der Waals surface area (Å²) in [6, 6.07) is 3.76. The fourth-order valence-electron chi connectivity index (χ4n) is 2.85. The Labute approximate surface area is 152 Å². The lowest BCUT2D eigenvalue weighted by molar-refractivity contribution is 0.116. The molecule has 1 unspecified atom stereocenters. The molecule has 2 N–H and O–H groups in total. The number of aromatic nitrogens is 6. The third kappa shape index (κ3) is 3.61. The highest BCUT2D eigenvalue weighted by molar-refractivity contribution is 5.58. The van der Waals surface area contributed by atoms with E-state index in [0.717, 1.165) is 17.8 Å². The van der Waals surface area contributed by atoms with E-state index >= 15 is 0 Å². The minimum Gasteiger partial charge on any atom is -0.394 e. The fraction of sp³-hybridized carbons (Fsp3) is 0.556. The molecule has 0 saturated carbocycles. The first-order chi connectivity index (χ1) is 12.4. The maximum atomic E-state index is 10.4. The third-order valence-electron chi connectivity index (χ3n) is 4.20. The molecule has 3 aromatic heterocycles. The zero-order valence-corrected chi connectivity index (χ0v) is 15.7. The minimum absolute atomic E-state index is 0.0103. The smallest absolute Gasteiger partial charge is 0.166 e. The Kier molecular flexibility index (Phi) is 5.33. The molecule has 3 aromatic rings. The van der Waals surface area contributed by atoms with Gasteiger partial charge in [0.25, 0.3) is 0 Å². The van der Waals surface area contributed by atoms with E-state index in [9.17, 15) is 10.2 Å². The van der Waals surface area contributed by atoms with Gasteiger partial charge in [0.05, 0.1) is 13.2 Å². The van der Waals surface area contributed by atoms with Crippen LogP contribution < -0.4 is 0 Å². The van der Waals surface area contributed by atoms with Crippen LogP contribution >= 0.6 is 0 Å². The summed E-state index contributed by atoms with van der Waals surface area (Å²) in [6.07, 6.45) is 1.94. The Morgan fingerprint density at radius 2 is 1.88 bits per heavy atom. The summed E-state index contributed by atoms with van der Waals surface area (Å²) in [5.41, 5.74) is 1.50. The van der Waals surface area contributed by atoms with E-state index in [4.69, 9.17) is 0 Å². The van der Waals surface area contributed by atoms with E-state index < -0.39 is 6.10 Å². The fourth-order valence-corrected chi connectivity index (χ4v) is 2.85. The van der Waals surface area contributed by atoms with Crippen molar-refractivity contribution in [3.05, 3.63) is 30.0 Å². The molecule has 1 atom stereocenters. The van der Waals surface area contributed by atoms with Crippen LogP contribution in [0, 0.1) is 11.8 Å². The molecule has 0 aliphatic rings. The van der Waals surface area contributed by atoms with Crippen molar-refractivity contribution in [1.82, 2.24) is 29.4 Å². The van der Waals surface area contributed by atoms with E-state index in [1.165, 1.54) is 0 Å². The van der Waals surface area contributed by atoms with Gasteiger partial charge in [0.1, 0.15) is 6.10 Å². The van der Waals surface area contributed by atoms with Crippen molar-refractivity contribution < 1.29 is 10.2 Å². The molecule has 8 nitrogen and oxygen atoms in total. The van der Waals surface area contributed by atoms with Crippen molar-refractivity contribution in [3.63, 3.8) is 0 Å². The Bertz CT molecular complexity index is 883. The molecule has 3 heterocycles. The molecule has 3 rings (SSSR count). The molecular formula is C18H26N6O2. The van der Waals surface area contributed by atoms with Gasteiger partial charge in [-0.25, -0.2) is 9.67 Å². The van der Waals surface area contributed by atoms with Gasteiger partial charge in [0.15, 0.2) is 23.1 Å². The van der Waals surface area contributed by atoms with Gasteiger partial charge in [-0.15, -0.1) is 10.2 Å². The van der Waals surface area contributed by atoms with Crippen LogP contribution in [0.1, 0.15) is 45.4 Å². The SMILES string of the molecule is CC(C)Cc1nc(-c2ccc3nnc(C(O)C(C)C)n3c2)n(CCO)n1. The second-order valence-corrected chi connectivity index (χ2v) is 7.29. The average Bonchev–Trinajstić information content (AvgIpc) is 3.17. The number of fused-ring (bicyclic) bond motifs is 1. The van der Waals surface area contributed by atoms with Gasteiger partial charge in [0.2, 0.25) is 0 Å². The van der Waals surface area contributed by atoms with E-state index in [-0.39, 0.29) is 12.5 Å². The summed E-state index contributed by atoms with van der Waals surface area (Å²) in [6.45, 7) is 8.48. The van der Waals surface area contributed by atoms with Crippen LogP contribution in [0.3, 0.4) is 0 Å². The summed E-state index contributed by atoms with van der Waals surface area (Å²) in [7, 11) is 0. The predicted octanol–water partition coefficient (Wildman–Crippen LogP) is 1.87. The van der Waals surface area contributed by atoms with Crippen LogP contribution in [-0.2, 0) is 13.0 Å². The summed E-state index contributed by atoms with van der Waals surface area (Å²) in [4.78, 5) is 4.66. The number of pyridine rings is 1. The highest BCUT2D eigenvalue weighted by Gasteiger charge is 2.20. The van der Waals surface area contributed by atoms with Gasteiger partial charge in [-0.05, 0) is 24.0 Å². The number of aliphatic hydroxyl groups is 2. The molecule has 0 bridgehead atoms. The molecule has 0 aromatic carbocycles. The summed E-state index contributed by atoms with van der Waals surface area (Å²) < 4.78 is 3.52. The van der Waals surface area contributed by atoms with Crippen molar-refractivity contribution >= 4 is 5.65 Å². The molecule has 0 fully saturated rings. The van der Waals surface area contributed by atoms with E-state index in [1.807, 2.05) is 32.2 Å². The van der Waals surface area contributed by atoms with Crippen molar-refractivity contribution in [2.45, 2.75) is 46.8 Å². The molecule has 0 aliphatic heterocycles. The molecule has 26 heavy (non-hydrogen) atoms. The Morgan fingerprint density at radius 3 is 2.54 bits per heavy atom. The second-order valence-electron chi connectivity index (χ2n) is 7.29. The van der Waals surface area contributed by atoms with Gasteiger partial charge >= 0.3 is 0 Å². The quantitative estimate of drug-likeness (QED) is 0.668. The number of hydrogen-bond acceptors (Lipinski definition) is 6. The number of nitrogens with zero attached hydrogens (tertiary/aromatic N) is 6. The topological polar surface area (TPSA) is 101 Å². The highest BCUT2D eigenvalue weighted by atomic mass is 16.3. The maximum Gasteiger partial charge on any atom is 0.166 e. The summed E-state index contributed by atoms with van der Waals surface area (Å²) in [5, 5.41) is 32.5. The third-order valence-corrected chi connectivity index (χ3v) is 4.20. The molecule has 140 valence electrons. The van der Waals surface area contributed by atoms with Crippen molar-refractivity contribution in [3.8, 4) is 11.4 Å². The van der Waals surface area contributed by atoms with Crippen LogP contribution in [0.15, 0.2) is 18.3 Å². The maximum absolute atomic E-state index is 10.4. The van der Waals surface area contributed by atoms with E-state index in [1.54, 1.807) is 9.08 Å². The minimum atomic E-state index is -0.702. The Hall–Kier alpha value is -2.32. The number of rotatable bonds is 7. The van der Waals surface area contributed by atoms with Gasteiger partial charge in [-0.3, -0.25) is 4.40 Å². The van der Waals surface area contributed by atoms with Gasteiger partial charge in [-0.1, -0.05) is 27.7 Å². The van der Waals surface area contributed by atoms with Crippen LogP contribution in [0.2, 0.25) is 0 Å². The first-order valence-corrected chi connectivity index (χ1v) is 8.98. The Balaban J connectivity index is 2.07. The zero-order chi connectivity index (χ0) is 18.8. The van der Waals surface area contributed by atoms with E-state index in [0.29, 0.717) is 29.8 Å². The first kappa shape index (κ1) is 18.5. The lowest BCUT2D eigenvalue weighted by atomic mass is 10.1. The molecule has 0 amide bonds. The van der Waals surface area contributed by atoms with Crippen molar-refractivity contribution in [2.75, 3.05) is 6.61 Å². The summed E-state index contributed by atoms with van der Waals surface area (Å²) >= 11 is 0. The predicted molar refractivity (Wildman–Crippen MR) is 97.4 cm³/mol. The zero-order valence-electron chi connectivity index (χ0n) is 15.7. The molecule has 0 saturated heterocycles. The average molecular weight is 358 g/mol. The van der Waals surface area contributed by atoms with E-state index in [2.05, 4.69) is 34.1 Å². The molecule has 0 aliphatic carbocycles. The molecular weight excluding hydrogens is 332 g/mol. The lowest BCUT2D eigenvalue weighted by Gasteiger charge is -2.12. The van der Waals surface area contributed by atoms with Crippen LogP contribution in [0.25, 0.3) is 17.0 Å². The monoisotopic (exact) mass is 358 g/mol. The molecule has 8 heteroatoms. The Morgan fingerprint density at radius 1 is 1.12 bits per heavy atom. The molecule has 0 spiro atoms. The van der Waals surface area contributed by atoms with Crippen LogP contribution in [0.4, 0.5) is 0 Å². The summed E-state index contributed by atoms with van der Waals surface area (Å²) in [5.74, 6) is 2.43. The van der Waals surface area contributed by atoms with Crippen molar-refractivity contribution in [2.24, 2.45) is 11.8 Å². The number of hydrogen-bond donors (Lipinski definition) is 2. The normalized spacial score (nSPS) is 13.2. The van der Waals surface area contributed by atoms with Crippen LogP contribution in [0.5, 0.6) is 0 Å². The van der Waals surface area contributed by atoms with Gasteiger partial charge in [-0.2, -0.15) is 5.10 Å². The van der Waals surface area contributed by atoms with Crippen LogP contribution in [-0.4, -0.2) is 46.2 Å².